The van der Waals surface area contributed by atoms with E-state index >= 15 is 0 Å². The smallest absolute Gasteiger partial charge is 0.142 e. The number of anilines is 1. The minimum absolute atomic E-state index is 0.740. The molecule has 4 nitrogen and oxygen atoms in total. The largest absolute Gasteiger partial charge is 0.490 e. The summed E-state index contributed by atoms with van der Waals surface area (Å²) in [5.74, 6) is 0.973. The van der Waals surface area contributed by atoms with E-state index in [1.165, 1.54) is 11.3 Å². The number of benzene rings is 1. The fraction of sp³-hybridized carbons (Fsp3) is 0.308. The van der Waals surface area contributed by atoms with Crippen molar-refractivity contribution < 1.29 is 4.74 Å². The van der Waals surface area contributed by atoms with Crippen molar-refractivity contribution in [1.82, 2.24) is 9.97 Å². The number of aryl methyl sites for hydroxylation is 1. The predicted octanol–water partition coefficient (Wildman–Crippen LogP) is 2.12. The molecule has 0 spiro atoms. The second-order valence-corrected chi connectivity index (χ2v) is 4.32. The number of rotatable bonds is 2. The molecular weight excluding hydrogens is 214 g/mol. The highest BCUT2D eigenvalue weighted by atomic mass is 16.5. The highest BCUT2D eigenvalue weighted by molar-refractivity contribution is 5.61. The number of imidazole rings is 1. The van der Waals surface area contributed by atoms with E-state index in [1.54, 1.807) is 6.33 Å². The van der Waals surface area contributed by atoms with Crippen LogP contribution in [0.5, 0.6) is 5.75 Å². The van der Waals surface area contributed by atoms with Gasteiger partial charge in [-0.2, -0.15) is 0 Å². The standard InChI is InChI=1S/C13H15N3O/c1-10-2-3-13-12(6-10)16(4-5-17-13)8-11-7-14-9-15-11/h2-3,6-7,9H,4-5,8H2,1H3,(H,14,15). The molecule has 0 unspecified atom stereocenters. The summed E-state index contributed by atoms with van der Waals surface area (Å²) in [5, 5.41) is 0. The van der Waals surface area contributed by atoms with E-state index in [2.05, 4.69) is 33.9 Å². The van der Waals surface area contributed by atoms with Crippen LogP contribution in [0.2, 0.25) is 0 Å². The lowest BCUT2D eigenvalue weighted by Crippen LogP contribution is -2.32. The molecule has 0 saturated heterocycles. The van der Waals surface area contributed by atoms with Crippen molar-refractivity contribution >= 4 is 5.69 Å². The zero-order valence-electron chi connectivity index (χ0n) is 9.81. The zero-order valence-corrected chi connectivity index (χ0v) is 9.81. The molecule has 0 radical (unpaired) electrons. The molecule has 1 aliphatic heterocycles. The Kier molecular flexibility index (Phi) is 2.48. The van der Waals surface area contributed by atoms with Gasteiger partial charge >= 0.3 is 0 Å². The average molecular weight is 229 g/mol. The lowest BCUT2D eigenvalue weighted by molar-refractivity contribution is 0.306. The van der Waals surface area contributed by atoms with Crippen molar-refractivity contribution in [3.63, 3.8) is 0 Å². The molecular formula is C13H15N3O. The van der Waals surface area contributed by atoms with Gasteiger partial charge in [0.15, 0.2) is 0 Å². The third kappa shape index (κ3) is 1.98. The Hall–Kier alpha value is -1.97. The molecule has 0 saturated carbocycles. The first-order valence-electron chi connectivity index (χ1n) is 5.78. The highest BCUT2D eigenvalue weighted by Gasteiger charge is 2.18. The van der Waals surface area contributed by atoms with Crippen molar-refractivity contribution in [2.45, 2.75) is 13.5 Å². The topological polar surface area (TPSA) is 41.2 Å². The van der Waals surface area contributed by atoms with Crippen LogP contribution < -0.4 is 9.64 Å². The van der Waals surface area contributed by atoms with Crippen LogP contribution in [-0.4, -0.2) is 23.1 Å². The number of hydrogen-bond acceptors (Lipinski definition) is 3. The minimum Gasteiger partial charge on any atom is -0.490 e. The van der Waals surface area contributed by atoms with Gasteiger partial charge in [0.2, 0.25) is 0 Å². The summed E-state index contributed by atoms with van der Waals surface area (Å²) in [6.07, 6.45) is 3.58. The van der Waals surface area contributed by atoms with Gasteiger partial charge in [-0.15, -0.1) is 0 Å². The SMILES string of the molecule is Cc1ccc2c(c1)N(Cc1cnc[nH]1)CCO2. The maximum Gasteiger partial charge on any atom is 0.142 e. The van der Waals surface area contributed by atoms with E-state index in [1.807, 2.05) is 12.3 Å². The van der Waals surface area contributed by atoms with Crippen LogP contribution >= 0.6 is 0 Å². The van der Waals surface area contributed by atoms with Crippen LogP contribution in [-0.2, 0) is 6.54 Å². The van der Waals surface area contributed by atoms with Crippen LogP contribution in [0.4, 0.5) is 5.69 Å². The summed E-state index contributed by atoms with van der Waals surface area (Å²) in [6, 6.07) is 6.30. The Bertz CT molecular complexity index is 507. The third-order valence-electron chi connectivity index (χ3n) is 2.99. The number of nitrogens with zero attached hydrogens (tertiary/aromatic N) is 2. The Labute approximate surface area is 100 Å². The number of ether oxygens (including phenoxy) is 1. The summed E-state index contributed by atoms with van der Waals surface area (Å²) in [4.78, 5) is 9.50. The van der Waals surface area contributed by atoms with Crippen LogP contribution in [0.25, 0.3) is 0 Å². The Morgan fingerprint density at radius 1 is 1.47 bits per heavy atom. The van der Waals surface area contributed by atoms with Gasteiger partial charge in [0.1, 0.15) is 12.4 Å². The molecule has 2 aromatic rings. The Morgan fingerprint density at radius 2 is 2.41 bits per heavy atom. The molecule has 1 aromatic carbocycles. The fourth-order valence-corrected chi connectivity index (χ4v) is 2.12. The number of hydrogen-bond donors (Lipinski definition) is 1. The molecule has 0 amide bonds. The van der Waals surface area contributed by atoms with E-state index in [0.717, 1.165) is 31.1 Å². The quantitative estimate of drug-likeness (QED) is 0.857. The Balaban J connectivity index is 1.90. The molecule has 17 heavy (non-hydrogen) atoms. The van der Waals surface area contributed by atoms with Crippen molar-refractivity contribution in [1.29, 1.82) is 0 Å². The van der Waals surface area contributed by atoms with E-state index < -0.39 is 0 Å². The molecule has 1 aromatic heterocycles. The predicted molar refractivity (Wildman–Crippen MR) is 66.3 cm³/mol. The molecule has 3 rings (SSSR count). The second-order valence-electron chi connectivity index (χ2n) is 4.32. The zero-order chi connectivity index (χ0) is 11.7. The van der Waals surface area contributed by atoms with Crippen LogP contribution in [0.15, 0.2) is 30.7 Å². The maximum atomic E-state index is 5.66. The first-order valence-corrected chi connectivity index (χ1v) is 5.78. The number of aromatic amines is 1. The molecule has 0 fully saturated rings. The van der Waals surface area contributed by atoms with Gasteiger partial charge in [-0.1, -0.05) is 6.07 Å². The lowest BCUT2D eigenvalue weighted by atomic mass is 10.1. The van der Waals surface area contributed by atoms with Gasteiger partial charge < -0.3 is 14.6 Å². The molecule has 0 atom stereocenters. The molecule has 0 aliphatic carbocycles. The normalized spacial score (nSPS) is 14.3. The molecule has 0 bridgehead atoms. The number of aromatic nitrogens is 2. The number of H-pyrrole nitrogens is 1. The molecule has 4 heteroatoms. The molecule has 1 N–H and O–H groups in total. The van der Waals surface area contributed by atoms with Crippen LogP contribution in [0.3, 0.4) is 0 Å². The summed E-state index contributed by atoms with van der Waals surface area (Å²) in [6.45, 7) is 4.60. The van der Waals surface area contributed by atoms with E-state index in [0.29, 0.717) is 0 Å². The van der Waals surface area contributed by atoms with Crippen molar-refractivity contribution in [3.8, 4) is 5.75 Å². The second kappa shape index (κ2) is 4.13. The van der Waals surface area contributed by atoms with Gasteiger partial charge in [0.05, 0.1) is 30.8 Å². The summed E-state index contributed by atoms with van der Waals surface area (Å²) in [5.41, 5.74) is 3.55. The van der Waals surface area contributed by atoms with Crippen molar-refractivity contribution in [2.75, 3.05) is 18.1 Å². The maximum absolute atomic E-state index is 5.66. The minimum atomic E-state index is 0.740. The third-order valence-corrected chi connectivity index (χ3v) is 2.99. The monoisotopic (exact) mass is 229 g/mol. The van der Waals surface area contributed by atoms with Gasteiger partial charge in [-0.05, 0) is 24.6 Å². The van der Waals surface area contributed by atoms with E-state index in [4.69, 9.17) is 4.74 Å². The van der Waals surface area contributed by atoms with Gasteiger partial charge in [0.25, 0.3) is 0 Å². The first kappa shape index (κ1) is 10.2. The van der Waals surface area contributed by atoms with E-state index in [9.17, 15) is 0 Å². The van der Waals surface area contributed by atoms with Crippen LogP contribution in [0.1, 0.15) is 11.3 Å². The Morgan fingerprint density at radius 3 is 3.24 bits per heavy atom. The lowest BCUT2D eigenvalue weighted by Gasteiger charge is -2.31. The summed E-state index contributed by atoms with van der Waals surface area (Å²) < 4.78 is 5.66. The molecule has 1 aliphatic rings. The van der Waals surface area contributed by atoms with Crippen molar-refractivity contribution in [3.05, 3.63) is 42.0 Å². The average Bonchev–Trinajstić information content (AvgIpc) is 2.83. The van der Waals surface area contributed by atoms with Crippen molar-refractivity contribution in [2.24, 2.45) is 0 Å². The number of fused-ring (bicyclic) bond motifs is 1. The highest BCUT2D eigenvalue weighted by Crippen LogP contribution is 2.32. The van der Waals surface area contributed by atoms with E-state index in [-0.39, 0.29) is 0 Å². The molecule has 88 valence electrons. The molecule has 2 heterocycles. The number of nitrogens with one attached hydrogen (secondary N) is 1. The first-order chi connectivity index (χ1) is 8.33. The van der Waals surface area contributed by atoms with Crippen LogP contribution in [0, 0.1) is 6.92 Å². The summed E-state index contributed by atoms with van der Waals surface area (Å²) >= 11 is 0. The fourth-order valence-electron chi connectivity index (χ4n) is 2.12. The van der Waals surface area contributed by atoms with Gasteiger partial charge in [0, 0.05) is 6.20 Å². The van der Waals surface area contributed by atoms with Gasteiger partial charge in [-0.3, -0.25) is 0 Å². The summed E-state index contributed by atoms with van der Waals surface area (Å²) in [7, 11) is 0. The van der Waals surface area contributed by atoms with Gasteiger partial charge in [-0.25, -0.2) is 4.98 Å².